The molecule has 19 heavy (non-hydrogen) atoms. The zero-order chi connectivity index (χ0) is 13.8. The largest absolute Gasteiger partial charge is 0.383 e. The zero-order valence-corrected chi connectivity index (χ0v) is 11.5. The van der Waals surface area contributed by atoms with Gasteiger partial charge in [0.25, 0.3) is 0 Å². The van der Waals surface area contributed by atoms with Gasteiger partial charge >= 0.3 is 0 Å². The monoisotopic (exact) mass is 276 g/mol. The number of pyridine rings is 1. The van der Waals surface area contributed by atoms with Crippen LogP contribution in [0.2, 0.25) is 5.02 Å². The molecule has 0 aliphatic carbocycles. The summed E-state index contributed by atoms with van der Waals surface area (Å²) in [6, 6.07) is 9.95. The third-order valence-electron chi connectivity index (χ3n) is 3.02. The van der Waals surface area contributed by atoms with Crippen molar-refractivity contribution >= 4 is 17.4 Å². The van der Waals surface area contributed by atoms with E-state index in [4.69, 9.17) is 23.2 Å². The van der Waals surface area contributed by atoms with Crippen LogP contribution >= 0.6 is 11.6 Å². The molecule has 2 rings (SSSR count). The normalized spacial score (nSPS) is 12.4. The molecule has 1 unspecified atom stereocenters. The van der Waals surface area contributed by atoms with Gasteiger partial charge in [-0.15, -0.1) is 0 Å². The van der Waals surface area contributed by atoms with Crippen LogP contribution in [0.25, 0.3) is 0 Å². The quantitative estimate of drug-likeness (QED) is 0.592. The highest BCUT2D eigenvalue weighted by Gasteiger charge is 2.15. The lowest BCUT2D eigenvalue weighted by Gasteiger charge is -2.18. The molecular weight excluding hydrogens is 260 g/mol. The second-order valence-corrected chi connectivity index (χ2v) is 4.98. The van der Waals surface area contributed by atoms with Crippen LogP contribution in [0.4, 0.5) is 5.82 Å². The molecule has 5 heteroatoms. The Hall–Kier alpha value is -1.62. The van der Waals surface area contributed by atoms with Crippen LogP contribution in [0.1, 0.15) is 22.7 Å². The van der Waals surface area contributed by atoms with E-state index >= 15 is 0 Å². The summed E-state index contributed by atoms with van der Waals surface area (Å²) in [5, 5.41) is 0.550. The van der Waals surface area contributed by atoms with E-state index in [1.54, 1.807) is 6.07 Å². The van der Waals surface area contributed by atoms with Crippen molar-refractivity contribution in [3.05, 3.63) is 58.2 Å². The molecule has 4 nitrogen and oxygen atoms in total. The molecule has 0 bridgehead atoms. The molecule has 2 aromatic rings. The van der Waals surface area contributed by atoms with Crippen LogP contribution in [0.5, 0.6) is 0 Å². The van der Waals surface area contributed by atoms with Crippen LogP contribution in [0, 0.1) is 6.92 Å². The second kappa shape index (κ2) is 6.02. The van der Waals surface area contributed by atoms with Crippen molar-refractivity contribution in [3.63, 3.8) is 0 Å². The van der Waals surface area contributed by atoms with Gasteiger partial charge in [-0.3, -0.25) is 11.3 Å². The van der Waals surface area contributed by atoms with Crippen molar-refractivity contribution in [2.75, 3.05) is 5.73 Å². The number of hydrogen-bond donors (Lipinski definition) is 3. The van der Waals surface area contributed by atoms with E-state index < -0.39 is 0 Å². The Morgan fingerprint density at radius 3 is 2.84 bits per heavy atom. The van der Waals surface area contributed by atoms with Gasteiger partial charge in [0, 0.05) is 11.8 Å². The van der Waals surface area contributed by atoms with Gasteiger partial charge in [-0.25, -0.2) is 4.98 Å². The Kier molecular flexibility index (Phi) is 4.37. The van der Waals surface area contributed by atoms with E-state index in [1.165, 1.54) is 17.3 Å². The number of halogens is 1. The van der Waals surface area contributed by atoms with Gasteiger partial charge in [0.05, 0.1) is 11.1 Å². The van der Waals surface area contributed by atoms with Gasteiger partial charge in [-0.2, -0.15) is 0 Å². The first-order chi connectivity index (χ1) is 9.10. The standard InChI is InChI=1S/C14H17ClN4/c1-9-3-2-4-10(5-9)6-13(19-17)12-7-11(15)8-18-14(12)16/h2-5,7-8,13,19H,6,17H2,1H3,(H2,16,18). The van der Waals surface area contributed by atoms with Gasteiger partial charge in [-0.05, 0) is 25.0 Å². The third-order valence-corrected chi connectivity index (χ3v) is 3.22. The van der Waals surface area contributed by atoms with Gasteiger partial charge in [-0.1, -0.05) is 41.4 Å². The summed E-state index contributed by atoms with van der Waals surface area (Å²) >= 11 is 5.96. The summed E-state index contributed by atoms with van der Waals surface area (Å²) in [6.07, 6.45) is 2.25. The van der Waals surface area contributed by atoms with Crippen molar-refractivity contribution in [2.24, 2.45) is 5.84 Å². The van der Waals surface area contributed by atoms with Crippen molar-refractivity contribution < 1.29 is 0 Å². The number of nitrogens with zero attached hydrogens (tertiary/aromatic N) is 1. The summed E-state index contributed by atoms with van der Waals surface area (Å²) in [6.45, 7) is 2.06. The van der Waals surface area contributed by atoms with Crippen molar-refractivity contribution in [3.8, 4) is 0 Å². The fourth-order valence-electron chi connectivity index (χ4n) is 2.08. The van der Waals surface area contributed by atoms with Crippen molar-refractivity contribution in [1.29, 1.82) is 0 Å². The predicted molar refractivity (Wildman–Crippen MR) is 78.6 cm³/mol. The summed E-state index contributed by atoms with van der Waals surface area (Å²) in [5.74, 6) is 6.08. The molecule has 0 radical (unpaired) electrons. The van der Waals surface area contributed by atoms with E-state index in [0.29, 0.717) is 10.8 Å². The molecule has 1 heterocycles. The van der Waals surface area contributed by atoms with Crippen molar-refractivity contribution in [1.82, 2.24) is 10.4 Å². The SMILES string of the molecule is Cc1cccc(CC(NN)c2cc(Cl)cnc2N)c1. The highest BCUT2D eigenvalue weighted by molar-refractivity contribution is 6.30. The molecule has 5 N–H and O–H groups in total. The van der Waals surface area contributed by atoms with Crippen LogP contribution in [-0.2, 0) is 6.42 Å². The maximum Gasteiger partial charge on any atom is 0.128 e. The average Bonchev–Trinajstić information content (AvgIpc) is 2.39. The van der Waals surface area contributed by atoms with E-state index in [1.807, 2.05) is 6.07 Å². The lowest BCUT2D eigenvalue weighted by Crippen LogP contribution is -2.30. The summed E-state index contributed by atoms with van der Waals surface area (Å²) in [5.41, 5.74) is 11.9. The average molecular weight is 277 g/mol. The minimum Gasteiger partial charge on any atom is -0.383 e. The molecule has 0 spiro atoms. The highest BCUT2D eigenvalue weighted by Crippen LogP contribution is 2.24. The molecule has 1 aromatic heterocycles. The maximum absolute atomic E-state index is 5.96. The van der Waals surface area contributed by atoms with Crippen LogP contribution in [0.3, 0.4) is 0 Å². The smallest absolute Gasteiger partial charge is 0.128 e. The molecule has 0 amide bonds. The topological polar surface area (TPSA) is 77.0 Å². The number of benzene rings is 1. The molecule has 1 aromatic carbocycles. The Balaban J connectivity index is 2.27. The minimum atomic E-state index is -0.118. The van der Waals surface area contributed by atoms with E-state index in [-0.39, 0.29) is 6.04 Å². The molecular formula is C14H17ClN4. The van der Waals surface area contributed by atoms with Crippen LogP contribution in [0.15, 0.2) is 36.5 Å². The molecule has 100 valence electrons. The number of anilines is 1. The Labute approximate surface area is 117 Å². The van der Waals surface area contributed by atoms with Crippen molar-refractivity contribution in [2.45, 2.75) is 19.4 Å². The predicted octanol–water partition coefficient (Wildman–Crippen LogP) is 2.37. The summed E-state index contributed by atoms with van der Waals surface area (Å²) < 4.78 is 0. The van der Waals surface area contributed by atoms with Gasteiger partial charge in [0.2, 0.25) is 0 Å². The van der Waals surface area contributed by atoms with Crippen LogP contribution < -0.4 is 17.0 Å². The maximum atomic E-state index is 5.96. The summed E-state index contributed by atoms with van der Waals surface area (Å²) in [7, 11) is 0. The lowest BCUT2D eigenvalue weighted by atomic mass is 9.99. The highest BCUT2D eigenvalue weighted by atomic mass is 35.5. The Morgan fingerprint density at radius 1 is 1.37 bits per heavy atom. The van der Waals surface area contributed by atoms with Gasteiger partial charge < -0.3 is 5.73 Å². The van der Waals surface area contributed by atoms with Crippen LogP contribution in [-0.4, -0.2) is 4.98 Å². The molecule has 0 fully saturated rings. The molecule has 0 saturated heterocycles. The molecule has 0 aliphatic heterocycles. The second-order valence-electron chi connectivity index (χ2n) is 4.54. The number of aromatic nitrogens is 1. The van der Waals surface area contributed by atoms with E-state index in [0.717, 1.165) is 12.0 Å². The van der Waals surface area contributed by atoms with Gasteiger partial charge in [0.15, 0.2) is 0 Å². The zero-order valence-electron chi connectivity index (χ0n) is 10.7. The first-order valence-corrected chi connectivity index (χ1v) is 6.40. The Bertz CT molecular complexity index is 571. The fourth-order valence-corrected chi connectivity index (χ4v) is 2.24. The number of nitrogens with one attached hydrogen (secondary N) is 1. The minimum absolute atomic E-state index is 0.118. The van der Waals surface area contributed by atoms with Gasteiger partial charge in [0.1, 0.15) is 5.82 Å². The number of hydrazine groups is 1. The fraction of sp³-hybridized carbons (Fsp3) is 0.214. The summed E-state index contributed by atoms with van der Waals surface area (Å²) in [4.78, 5) is 4.06. The Morgan fingerprint density at radius 2 is 2.16 bits per heavy atom. The molecule has 1 atom stereocenters. The number of rotatable bonds is 4. The first-order valence-electron chi connectivity index (χ1n) is 6.02. The third kappa shape index (κ3) is 3.44. The lowest BCUT2D eigenvalue weighted by molar-refractivity contribution is 0.552. The van der Waals surface area contributed by atoms with E-state index in [9.17, 15) is 0 Å². The number of aryl methyl sites for hydroxylation is 1. The number of hydrogen-bond acceptors (Lipinski definition) is 4. The first kappa shape index (κ1) is 13.8. The molecule has 0 saturated carbocycles. The molecule has 0 aliphatic rings. The van der Waals surface area contributed by atoms with E-state index in [2.05, 4.69) is 35.5 Å². The number of nitrogen functional groups attached to an aromatic ring is 1. The number of nitrogens with two attached hydrogens (primary N) is 2.